The number of nitrogens with zero attached hydrogens (tertiary/aromatic N) is 1. The monoisotopic (exact) mass is 312 g/mol. The fourth-order valence-electron chi connectivity index (χ4n) is 2.36. The molecule has 0 saturated carbocycles. The van der Waals surface area contributed by atoms with Crippen LogP contribution in [0.4, 0.5) is 0 Å². The molecule has 2 unspecified atom stereocenters. The van der Waals surface area contributed by atoms with Gasteiger partial charge in [-0.1, -0.05) is 13.8 Å². The number of rotatable bonds is 7. The molecule has 0 bridgehead atoms. The van der Waals surface area contributed by atoms with Gasteiger partial charge in [-0.2, -0.15) is 0 Å². The number of Topliss-reactive ketones (excluding diaryl/α,β-unsaturated/α-hetero) is 1. The molecule has 1 fully saturated rings. The highest BCUT2D eigenvalue weighted by atomic mass is 16.5. The Hall–Kier alpha value is -1.96. The Kier molecular flexibility index (Phi) is 5.65. The zero-order valence-corrected chi connectivity index (χ0v) is 13.0. The summed E-state index contributed by atoms with van der Waals surface area (Å²) in [6.45, 7) is 3.36. The van der Waals surface area contributed by atoms with Crippen LogP contribution in [0.3, 0.4) is 0 Å². The van der Waals surface area contributed by atoms with E-state index < -0.39 is 35.3 Å². The van der Waals surface area contributed by atoms with Crippen LogP contribution in [-0.4, -0.2) is 54.2 Å². The predicted molar refractivity (Wildman–Crippen MR) is 77.0 cm³/mol. The molecule has 8 heteroatoms. The van der Waals surface area contributed by atoms with Crippen LogP contribution in [0.1, 0.15) is 26.7 Å². The van der Waals surface area contributed by atoms with Gasteiger partial charge in [0, 0.05) is 13.5 Å². The van der Waals surface area contributed by atoms with E-state index in [0.717, 1.165) is 4.90 Å². The first-order chi connectivity index (χ1) is 10.0. The lowest BCUT2D eigenvalue weighted by Crippen LogP contribution is -2.50. The molecule has 3 amide bonds. The van der Waals surface area contributed by atoms with Crippen LogP contribution >= 0.6 is 0 Å². The van der Waals surface area contributed by atoms with Gasteiger partial charge in [-0.25, -0.2) is 0 Å². The van der Waals surface area contributed by atoms with Crippen LogP contribution in [0.25, 0.3) is 0 Å². The van der Waals surface area contributed by atoms with Crippen molar-refractivity contribution in [2.45, 2.75) is 38.8 Å². The highest BCUT2D eigenvalue weighted by Gasteiger charge is 2.43. The summed E-state index contributed by atoms with van der Waals surface area (Å²) in [5.41, 5.74) is 9.85. The van der Waals surface area contributed by atoms with Gasteiger partial charge in [0.05, 0.1) is 6.42 Å². The van der Waals surface area contributed by atoms with Gasteiger partial charge in [-0.3, -0.25) is 19.2 Å². The number of carbonyl (C=O) groups excluding carboxylic acids is 4. The third-order valence-electron chi connectivity index (χ3n) is 3.55. The second-order valence-electron chi connectivity index (χ2n) is 6.21. The summed E-state index contributed by atoms with van der Waals surface area (Å²) >= 11 is 0. The van der Waals surface area contributed by atoms with Crippen molar-refractivity contribution in [1.82, 2.24) is 4.90 Å². The van der Waals surface area contributed by atoms with Crippen molar-refractivity contribution in [1.29, 1.82) is 0 Å². The first-order valence-corrected chi connectivity index (χ1v) is 6.87. The zero-order valence-electron chi connectivity index (χ0n) is 13.0. The lowest BCUT2D eigenvalue weighted by molar-refractivity contribution is -0.137. The first kappa shape index (κ1) is 18.1. The largest absolute Gasteiger partial charge is 0.370 e. The molecule has 8 nitrogen and oxygen atoms in total. The molecule has 0 aromatic heterocycles. The molecule has 22 heavy (non-hydrogen) atoms. The molecule has 1 aliphatic heterocycles. The van der Waals surface area contributed by atoms with Gasteiger partial charge in [0.25, 0.3) is 0 Å². The molecule has 1 rings (SSSR count). The lowest BCUT2D eigenvalue weighted by atomic mass is 9.84. The topological polar surface area (TPSA) is 133 Å². The molecule has 2 atom stereocenters. The van der Waals surface area contributed by atoms with Gasteiger partial charge in [0.15, 0.2) is 11.9 Å². The van der Waals surface area contributed by atoms with E-state index >= 15 is 0 Å². The molecule has 123 valence electrons. The van der Waals surface area contributed by atoms with Crippen molar-refractivity contribution in [3.63, 3.8) is 0 Å². The third-order valence-corrected chi connectivity index (χ3v) is 3.55. The van der Waals surface area contributed by atoms with Gasteiger partial charge < -0.3 is 21.1 Å². The number of nitrogens with two attached hydrogens (primary N) is 2. The molecule has 1 aliphatic rings. The Morgan fingerprint density at radius 1 is 1.36 bits per heavy atom. The number of hydrogen-bond acceptors (Lipinski definition) is 5. The van der Waals surface area contributed by atoms with Crippen molar-refractivity contribution >= 4 is 23.5 Å². The molecule has 1 radical (unpaired) electrons. The summed E-state index contributed by atoms with van der Waals surface area (Å²) in [6, 6.07) is -1.01. The van der Waals surface area contributed by atoms with Crippen molar-refractivity contribution < 1.29 is 23.9 Å². The fraction of sp³-hybridized carbons (Fsp3) is 0.643. The van der Waals surface area contributed by atoms with Crippen LogP contribution in [0.15, 0.2) is 0 Å². The minimum Gasteiger partial charge on any atom is -0.370 e. The molecule has 0 aromatic rings. The zero-order chi connectivity index (χ0) is 17.1. The van der Waals surface area contributed by atoms with Crippen LogP contribution < -0.4 is 11.5 Å². The average Bonchev–Trinajstić information content (AvgIpc) is 2.75. The SMILES string of the molecule is CN(C(=O)[CH]CC(C)(C)CC(N)=O)C1C(=O)COC1C(N)=O. The van der Waals surface area contributed by atoms with E-state index in [1.165, 1.54) is 13.5 Å². The number of likely N-dealkylation sites (N-methyl/N-ethyl adjacent to an activating group) is 1. The molecular formula is C14H22N3O5. The number of amides is 3. The van der Waals surface area contributed by atoms with Gasteiger partial charge in [0.2, 0.25) is 17.7 Å². The second kappa shape index (κ2) is 6.87. The number of carbonyl (C=O) groups is 4. The van der Waals surface area contributed by atoms with E-state index in [-0.39, 0.29) is 18.8 Å². The van der Waals surface area contributed by atoms with Gasteiger partial charge in [-0.05, 0) is 11.8 Å². The summed E-state index contributed by atoms with van der Waals surface area (Å²) in [5.74, 6) is -2.05. The van der Waals surface area contributed by atoms with E-state index in [0.29, 0.717) is 6.42 Å². The Balaban J connectivity index is 2.66. The Morgan fingerprint density at radius 2 is 1.95 bits per heavy atom. The van der Waals surface area contributed by atoms with E-state index in [1.807, 2.05) is 0 Å². The molecule has 1 saturated heterocycles. The minimum absolute atomic E-state index is 0.135. The van der Waals surface area contributed by atoms with E-state index in [1.54, 1.807) is 13.8 Å². The standard InChI is InChI=1S/C14H22N3O5/c1-14(2,6-9(15)19)5-4-10(20)17(3)11-8(18)7-22-12(11)13(16)21/h4,11-12H,5-7H2,1-3H3,(H2,15,19)(H2,16,21). The summed E-state index contributed by atoms with van der Waals surface area (Å²) in [4.78, 5) is 47.3. The average molecular weight is 312 g/mol. The van der Waals surface area contributed by atoms with Gasteiger partial charge in [0.1, 0.15) is 12.6 Å². The second-order valence-corrected chi connectivity index (χ2v) is 6.21. The van der Waals surface area contributed by atoms with Crippen LogP contribution in [0, 0.1) is 11.8 Å². The van der Waals surface area contributed by atoms with Gasteiger partial charge in [-0.15, -0.1) is 0 Å². The van der Waals surface area contributed by atoms with Crippen molar-refractivity contribution in [2.24, 2.45) is 16.9 Å². The first-order valence-electron chi connectivity index (χ1n) is 6.87. The molecule has 4 N–H and O–H groups in total. The van der Waals surface area contributed by atoms with E-state index in [9.17, 15) is 19.2 Å². The minimum atomic E-state index is -1.13. The molecule has 0 aromatic carbocycles. The van der Waals surface area contributed by atoms with E-state index in [4.69, 9.17) is 16.2 Å². The number of primary amides is 2. The Morgan fingerprint density at radius 3 is 2.45 bits per heavy atom. The van der Waals surface area contributed by atoms with Crippen molar-refractivity contribution in [3.8, 4) is 0 Å². The summed E-state index contributed by atoms with van der Waals surface area (Å²) in [6.07, 6.45) is 0.679. The molecule has 1 heterocycles. The highest BCUT2D eigenvalue weighted by molar-refractivity contribution is 5.99. The highest BCUT2D eigenvalue weighted by Crippen LogP contribution is 2.27. The maximum Gasteiger partial charge on any atom is 0.249 e. The summed E-state index contributed by atoms with van der Waals surface area (Å²) in [5, 5.41) is 0. The quantitative estimate of drug-likeness (QED) is 0.607. The van der Waals surface area contributed by atoms with Crippen LogP contribution in [0.2, 0.25) is 0 Å². The maximum absolute atomic E-state index is 12.2. The fourth-order valence-corrected chi connectivity index (χ4v) is 2.36. The lowest BCUT2D eigenvalue weighted by Gasteiger charge is -2.28. The Labute approximate surface area is 129 Å². The normalized spacial score (nSPS) is 21.7. The molecule has 0 spiro atoms. The number of hydrogen-bond donors (Lipinski definition) is 2. The van der Waals surface area contributed by atoms with Crippen LogP contribution in [-0.2, 0) is 23.9 Å². The number of ketones is 1. The van der Waals surface area contributed by atoms with E-state index in [2.05, 4.69) is 0 Å². The summed E-state index contributed by atoms with van der Waals surface area (Å²) < 4.78 is 5.02. The predicted octanol–water partition coefficient (Wildman–Crippen LogP) is -1.24. The van der Waals surface area contributed by atoms with Crippen molar-refractivity contribution in [2.75, 3.05) is 13.7 Å². The van der Waals surface area contributed by atoms with Crippen LogP contribution in [0.5, 0.6) is 0 Å². The van der Waals surface area contributed by atoms with Crippen molar-refractivity contribution in [3.05, 3.63) is 6.42 Å². The maximum atomic E-state index is 12.2. The smallest absolute Gasteiger partial charge is 0.249 e. The Bertz CT molecular complexity index is 489. The molecular weight excluding hydrogens is 290 g/mol. The molecule has 0 aliphatic carbocycles. The van der Waals surface area contributed by atoms with Gasteiger partial charge >= 0.3 is 0 Å². The summed E-state index contributed by atoms with van der Waals surface area (Å²) in [7, 11) is 1.41. The third kappa shape index (κ3) is 4.52. The number of ether oxygens (including phenoxy) is 1.